The number of rotatable bonds is 8. The summed E-state index contributed by atoms with van der Waals surface area (Å²) in [6, 6.07) is 12.8. The topological polar surface area (TPSA) is 104 Å². The van der Waals surface area contributed by atoms with Gasteiger partial charge in [-0.05, 0) is 42.8 Å². The van der Waals surface area contributed by atoms with Crippen LogP contribution >= 0.6 is 15.9 Å². The van der Waals surface area contributed by atoms with Crippen LogP contribution in [0.25, 0.3) is 11.4 Å². The van der Waals surface area contributed by atoms with Crippen molar-refractivity contribution in [1.29, 1.82) is 0 Å². The summed E-state index contributed by atoms with van der Waals surface area (Å²) in [4.78, 5) is 15.8. The molecule has 31 heavy (non-hydrogen) atoms. The van der Waals surface area contributed by atoms with E-state index in [9.17, 15) is 9.90 Å². The van der Waals surface area contributed by atoms with Crippen LogP contribution < -0.4 is 9.47 Å². The summed E-state index contributed by atoms with van der Waals surface area (Å²) in [5.41, 5.74) is 0.742. The SMILES string of the molecule is CO/C=C(\Oc1cc(-c2noc(C3(Oc4ccc(Br)cc4)CC3)n2)ccc1C)C(=O)O. The van der Waals surface area contributed by atoms with Gasteiger partial charge in [-0.1, -0.05) is 33.2 Å². The Labute approximate surface area is 186 Å². The summed E-state index contributed by atoms with van der Waals surface area (Å²) in [6.45, 7) is 1.80. The van der Waals surface area contributed by atoms with E-state index in [4.69, 9.17) is 18.7 Å². The Balaban J connectivity index is 1.57. The molecule has 0 amide bonds. The van der Waals surface area contributed by atoms with Gasteiger partial charge < -0.3 is 23.8 Å². The molecule has 3 aromatic rings. The van der Waals surface area contributed by atoms with Crippen molar-refractivity contribution in [3.8, 4) is 22.9 Å². The molecule has 1 aliphatic rings. The molecule has 0 atom stereocenters. The summed E-state index contributed by atoms with van der Waals surface area (Å²) in [7, 11) is 1.35. The van der Waals surface area contributed by atoms with Crippen LogP contribution in [0.3, 0.4) is 0 Å². The minimum atomic E-state index is -1.24. The van der Waals surface area contributed by atoms with Gasteiger partial charge in [0, 0.05) is 22.9 Å². The summed E-state index contributed by atoms with van der Waals surface area (Å²) in [5.74, 6) is 0.252. The van der Waals surface area contributed by atoms with E-state index in [1.165, 1.54) is 7.11 Å². The lowest BCUT2D eigenvalue weighted by Crippen LogP contribution is -2.16. The van der Waals surface area contributed by atoms with E-state index < -0.39 is 11.6 Å². The second-order valence-electron chi connectivity index (χ2n) is 7.08. The van der Waals surface area contributed by atoms with Gasteiger partial charge in [0.2, 0.25) is 11.6 Å². The van der Waals surface area contributed by atoms with E-state index in [0.29, 0.717) is 23.0 Å². The van der Waals surface area contributed by atoms with Crippen LogP contribution in [0, 0.1) is 6.92 Å². The molecule has 1 aliphatic carbocycles. The number of carboxylic acid groups (broad SMARTS) is 1. The molecule has 0 radical (unpaired) electrons. The first-order valence-corrected chi connectivity index (χ1v) is 10.2. The van der Waals surface area contributed by atoms with Gasteiger partial charge in [0.15, 0.2) is 5.60 Å². The van der Waals surface area contributed by atoms with Gasteiger partial charge in [-0.15, -0.1) is 0 Å². The van der Waals surface area contributed by atoms with E-state index in [0.717, 1.165) is 34.9 Å². The molecule has 1 heterocycles. The van der Waals surface area contributed by atoms with E-state index in [-0.39, 0.29) is 5.76 Å². The van der Waals surface area contributed by atoms with Crippen molar-refractivity contribution in [2.24, 2.45) is 0 Å². The largest absolute Gasteiger partial charge is 0.500 e. The zero-order chi connectivity index (χ0) is 22.0. The smallest absolute Gasteiger partial charge is 0.375 e. The Morgan fingerprint density at radius 2 is 1.97 bits per heavy atom. The molecule has 1 N–H and O–H groups in total. The average Bonchev–Trinajstić information content (AvgIpc) is 3.35. The van der Waals surface area contributed by atoms with E-state index in [1.54, 1.807) is 19.1 Å². The number of halogens is 1. The first kappa shape index (κ1) is 20.9. The van der Waals surface area contributed by atoms with Crippen LogP contribution in [0.2, 0.25) is 0 Å². The summed E-state index contributed by atoms with van der Waals surface area (Å²) < 4.78 is 22.9. The van der Waals surface area contributed by atoms with Crippen molar-refractivity contribution in [2.75, 3.05) is 7.11 Å². The third kappa shape index (κ3) is 4.56. The first-order chi connectivity index (χ1) is 14.9. The summed E-state index contributed by atoms with van der Waals surface area (Å²) in [6.07, 6.45) is 2.57. The molecule has 0 saturated heterocycles. The number of methoxy groups -OCH3 is 1. The minimum Gasteiger partial charge on any atom is -0.500 e. The molecule has 0 unspecified atom stereocenters. The molecule has 9 heteroatoms. The molecule has 160 valence electrons. The Hall–Kier alpha value is -3.33. The quantitative estimate of drug-likeness (QED) is 0.356. The molecule has 0 spiro atoms. The van der Waals surface area contributed by atoms with Crippen molar-refractivity contribution < 1.29 is 28.6 Å². The van der Waals surface area contributed by atoms with Crippen LogP contribution in [0.1, 0.15) is 24.3 Å². The van der Waals surface area contributed by atoms with Crippen molar-refractivity contribution in [2.45, 2.75) is 25.4 Å². The summed E-state index contributed by atoms with van der Waals surface area (Å²) >= 11 is 3.41. The predicted octanol–water partition coefficient (Wildman–Crippen LogP) is 4.83. The highest BCUT2D eigenvalue weighted by atomic mass is 79.9. The van der Waals surface area contributed by atoms with Crippen LogP contribution in [-0.4, -0.2) is 28.3 Å². The van der Waals surface area contributed by atoms with Gasteiger partial charge >= 0.3 is 5.97 Å². The molecular weight excluding hydrogens is 468 g/mol. The maximum Gasteiger partial charge on any atom is 0.375 e. The molecule has 4 rings (SSSR count). The molecule has 0 aliphatic heterocycles. The van der Waals surface area contributed by atoms with Gasteiger partial charge in [0.25, 0.3) is 5.89 Å². The van der Waals surface area contributed by atoms with Gasteiger partial charge in [-0.2, -0.15) is 4.98 Å². The second kappa shape index (κ2) is 8.43. The number of ether oxygens (including phenoxy) is 3. The molecule has 2 aromatic carbocycles. The second-order valence-corrected chi connectivity index (χ2v) is 7.99. The number of hydrogen-bond donors (Lipinski definition) is 1. The van der Waals surface area contributed by atoms with Crippen molar-refractivity contribution in [3.05, 3.63) is 70.4 Å². The van der Waals surface area contributed by atoms with Gasteiger partial charge in [-0.25, -0.2) is 4.79 Å². The Kier molecular flexibility index (Phi) is 5.69. The number of carbonyl (C=O) groups is 1. The zero-order valence-electron chi connectivity index (χ0n) is 16.8. The normalized spacial score (nSPS) is 14.7. The van der Waals surface area contributed by atoms with Crippen molar-refractivity contribution in [1.82, 2.24) is 10.1 Å². The minimum absolute atomic E-state index is 0.337. The molecule has 8 nitrogen and oxygen atoms in total. The molecule has 1 aromatic heterocycles. The fraction of sp³-hybridized carbons (Fsp3) is 0.227. The van der Waals surface area contributed by atoms with Gasteiger partial charge in [0.05, 0.1) is 7.11 Å². The Morgan fingerprint density at radius 1 is 1.23 bits per heavy atom. The lowest BCUT2D eigenvalue weighted by Gasteiger charge is -2.13. The number of aliphatic carboxylic acids is 1. The highest BCUT2D eigenvalue weighted by molar-refractivity contribution is 9.10. The molecule has 0 bridgehead atoms. The summed E-state index contributed by atoms with van der Waals surface area (Å²) in [5, 5.41) is 13.3. The fourth-order valence-corrected chi connectivity index (χ4v) is 3.18. The highest BCUT2D eigenvalue weighted by Gasteiger charge is 2.52. The number of hydrogen-bond acceptors (Lipinski definition) is 7. The number of aryl methyl sites for hydroxylation is 1. The van der Waals surface area contributed by atoms with E-state index in [1.807, 2.05) is 30.3 Å². The maximum atomic E-state index is 11.3. The fourth-order valence-electron chi connectivity index (χ4n) is 2.92. The van der Waals surface area contributed by atoms with Crippen LogP contribution in [0.15, 0.2) is 63.5 Å². The van der Waals surface area contributed by atoms with Crippen molar-refractivity contribution >= 4 is 21.9 Å². The molecular formula is C22H19BrN2O6. The number of nitrogens with zero attached hydrogens (tertiary/aromatic N) is 2. The van der Waals surface area contributed by atoms with Gasteiger partial charge in [-0.3, -0.25) is 0 Å². The molecule has 1 saturated carbocycles. The van der Waals surface area contributed by atoms with Crippen LogP contribution in [0.4, 0.5) is 0 Å². The van der Waals surface area contributed by atoms with Crippen LogP contribution in [-0.2, 0) is 15.1 Å². The van der Waals surface area contributed by atoms with E-state index >= 15 is 0 Å². The third-order valence-corrected chi connectivity index (χ3v) is 5.28. The van der Waals surface area contributed by atoms with Gasteiger partial charge in [0.1, 0.15) is 17.8 Å². The first-order valence-electron chi connectivity index (χ1n) is 9.44. The number of benzene rings is 2. The predicted molar refractivity (Wildman–Crippen MR) is 114 cm³/mol. The number of aromatic nitrogens is 2. The maximum absolute atomic E-state index is 11.3. The Bertz CT molecular complexity index is 1140. The zero-order valence-corrected chi connectivity index (χ0v) is 18.4. The number of carboxylic acids is 1. The third-order valence-electron chi connectivity index (χ3n) is 4.75. The van der Waals surface area contributed by atoms with Crippen LogP contribution in [0.5, 0.6) is 11.5 Å². The van der Waals surface area contributed by atoms with Crippen molar-refractivity contribution in [3.63, 3.8) is 0 Å². The van der Waals surface area contributed by atoms with E-state index in [2.05, 4.69) is 26.1 Å². The Morgan fingerprint density at radius 3 is 2.61 bits per heavy atom. The lowest BCUT2D eigenvalue weighted by atomic mass is 10.1. The lowest BCUT2D eigenvalue weighted by molar-refractivity contribution is -0.135. The standard InChI is InChI=1S/C22H19BrN2O6/c1-13-3-4-14(11-17(13)29-18(12-28-2)20(26)27)19-24-21(31-25-19)22(9-10-22)30-16-7-5-15(23)6-8-16/h3-8,11-12H,9-10H2,1-2H3,(H,26,27)/b18-12-. The monoisotopic (exact) mass is 486 g/mol. The molecule has 1 fully saturated rings. The highest BCUT2D eigenvalue weighted by Crippen LogP contribution is 2.49. The average molecular weight is 487 g/mol.